The SMILES string of the molecule is CC(C)(C)[Si](OC[C@@H]1CC[C@H]2C=C[C@H](CC3=CCCCC3)C(=O)N12)(c1ccccc1)c1ccccc1. The molecule has 0 bridgehead atoms. The summed E-state index contributed by atoms with van der Waals surface area (Å²) in [5.74, 6) is 0.293. The molecule has 1 saturated heterocycles. The van der Waals surface area contributed by atoms with Crippen LogP contribution in [-0.4, -0.2) is 37.8 Å². The number of hydrogen-bond acceptors (Lipinski definition) is 2. The maximum absolute atomic E-state index is 13.8. The Balaban J connectivity index is 1.41. The topological polar surface area (TPSA) is 29.5 Å². The molecule has 0 spiro atoms. The molecule has 2 aliphatic heterocycles. The first-order valence-corrected chi connectivity index (χ1v) is 15.7. The van der Waals surface area contributed by atoms with Crippen LogP contribution in [0, 0.1) is 5.92 Å². The predicted octanol–water partition coefficient (Wildman–Crippen LogP) is 6.00. The highest BCUT2D eigenvalue weighted by Crippen LogP contribution is 2.39. The van der Waals surface area contributed by atoms with E-state index in [4.69, 9.17) is 4.43 Å². The van der Waals surface area contributed by atoms with Crippen LogP contribution >= 0.6 is 0 Å². The van der Waals surface area contributed by atoms with E-state index in [2.05, 4.69) is 105 Å². The van der Waals surface area contributed by atoms with Crippen LogP contribution < -0.4 is 10.4 Å². The summed E-state index contributed by atoms with van der Waals surface area (Å²) in [6, 6.07) is 22.0. The maximum Gasteiger partial charge on any atom is 0.261 e. The summed E-state index contributed by atoms with van der Waals surface area (Å²) in [5, 5.41) is 2.53. The quantitative estimate of drug-likeness (QED) is 0.345. The first kappa shape index (κ1) is 25.2. The molecule has 0 unspecified atom stereocenters. The first-order chi connectivity index (χ1) is 17.4. The lowest BCUT2D eigenvalue weighted by Gasteiger charge is -2.44. The van der Waals surface area contributed by atoms with E-state index >= 15 is 0 Å². The second-order valence-electron chi connectivity index (χ2n) is 11.8. The third-order valence-corrected chi connectivity index (χ3v) is 13.5. The number of amides is 1. The summed E-state index contributed by atoms with van der Waals surface area (Å²) in [6.45, 7) is 7.55. The fourth-order valence-corrected chi connectivity index (χ4v) is 11.3. The minimum Gasteiger partial charge on any atom is -0.405 e. The largest absolute Gasteiger partial charge is 0.405 e. The molecule has 3 aliphatic rings. The number of benzene rings is 2. The number of hydrogen-bond donors (Lipinski definition) is 0. The van der Waals surface area contributed by atoms with Crippen molar-refractivity contribution >= 4 is 24.6 Å². The van der Waals surface area contributed by atoms with Gasteiger partial charge in [-0.05, 0) is 60.4 Å². The molecular formula is C32H41NO2Si. The van der Waals surface area contributed by atoms with Crippen molar-refractivity contribution < 1.29 is 9.22 Å². The van der Waals surface area contributed by atoms with Gasteiger partial charge in [0.05, 0.1) is 24.6 Å². The highest BCUT2D eigenvalue weighted by atomic mass is 28.4. The van der Waals surface area contributed by atoms with E-state index in [-0.39, 0.29) is 23.0 Å². The van der Waals surface area contributed by atoms with Gasteiger partial charge in [-0.1, -0.05) is 105 Å². The van der Waals surface area contributed by atoms with Gasteiger partial charge in [-0.15, -0.1) is 0 Å². The minimum absolute atomic E-state index is 0.0148. The molecule has 1 amide bonds. The zero-order valence-electron chi connectivity index (χ0n) is 22.2. The molecule has 36 heavy (non-hydrogen) atoms. The Bertz CT molecular complexity index is 1060. The van der Waals surface area contributed by atoms with Crippen molar-refractivity contribution in [1.29, 1.82) is 0 Å². The fraction of sp³-hybridized carbons (Fsp3) is 0.469. The molecule has 3 atom stereocenters. The third-order valence-electron chi connectivity index (χ3n) is 8.46. The molecule has 2 heterocycles. The number of rotatable bonds is 7. The molecule has 1 aliphatic carbocycles. The number of nitrogens with zero attached hydrogens (tertiary/aromatic N) is 1. The predicted molar refractivity (Wildman–Crippen MR) is 151 cm³/mol. The molecule has 3 nitrogen and oxygen atoms in total. The monoisotopic (exact) mass is 499 g/mol. The van der Waals surface area contributed by atoms with E-state index in [1.807, 2.05) is 0 Å². The molecule has 2 aromatic rings. The van der Waals surface area contributed by atoms with Crippen LogP contribution in [-0.2, 0) is 9.22 Å². The summed E-state index contributed by atoms with van der Waals surface area (Å²) >= 11 is 0. The van der Waals surface area contributed by atoms with Crippen molar-refractivity contribution in [3.63, 3.8) is 0 Å². The summed E-state index contributed by atoms with van der Waals surface area (Å²) in [6.07, 6.45) is 14.7. The van der Waals surface area contributed by atoms with Crippen molar-refractivity contribution in [3.05, 3.63) is 84.5 Å². The van der Waals surface area contributed by atoms with Crippen molar-refractivity contribution in [2.24, 2.45) is 5.92 Å². The molecule has 2 aromatic carbocycles. The maximum atomic E-state index is 13.8. The lowest BCUT2D eigenvalue weighted by atomic mass is 9.88. The molecule has 0 saturated carbocycles. The van der Waals surface area contributed by atoms with Gasteiger partial charge in [0.2, 0.25) is 5.91 Å². The van der Waals surface area contributed by atoms with E-state index in [0.717, 1.165) is 25.7 Å². The number of carbonyl (C=O) groups is 1. The lowest BCUT2D eigenvalue weighted by molar-refractivity contribution is -0.137. The van der Waals surface area contributed by atoms with Gasteiger partial charge in [0.15, 0.2) is 0 Å². The van der Waals surface area contributed by atoms with E-state index in [1.165, 1.54) is 35.2 Å². The van der Waals surface area contributed by atoms with Crippen LogP contribution in [0.15, 0.2) is 84.5 Å². The highest BCUT2D eigenvalue weighted by molar-refractivity contribution is 6.99. The molecule has 0 N–H and O–H groups in total. The molecule has 190 valence electrons. The number of allylic oxidation sites excluding steroid dienone is 2. The van der Waals surface area contributed by atoms with Gasteiger partial charge in [0, 0.05) is 0 Å². The van der Waals surface area contributed by atoms with Gasteiger partial charge in [0.25, 0.3) is 8.32 Å². The van der Waals surface area contributed by atoms with Crippen LogP contribution in [0.4, 0.5) is 0 Å². The minimum atomic E-state index is -2.61. The summed E-state index contributed by atoms with van der Waals surface area (Å²) in [5.41, 5.74) is 1.47. The molecule has 5 rings (SSSR count). The number of carbonyl (C=O) groups excluding carboxylic acids is 1. The second-order valence-corrected chi connectivity index (χ2v) is 16.1. The fourth-order valence-electron chi connectivity index (χ4n) is 6.65. The molecule has 4 heteroatoms. The average Bonchev–Trinajstić information content (AvgIpc) is 3.31. The van der Waals surface area contributed by atoms with Crippen molar-refractivity contribution in [3.8, 4) is 0 Å². The zero-order valence-corrected chi connectivity index (χ0v) is 23.2. The molecule has 0 radical (unpaired) electrons. The standard InChI is InChI=1S/C32H41NO2Si/c1-32(2,3)36(29-15-9-5-10-16-29,30-17-11-6-12-18-30)35-24-28-22-21-27-20-19-26(31(34)33(27)28)23-25-13-7-4-8-14-25/h5-6,9-13,15-20,26-28H,4,7-8,14,21-24H2,1-3H3/t26-,27-,28+/m1/s1. The van der Waals surface area contributed by atoms with Gasteiger partial charge in [0.1, 0.15) is 0 Å². The Labute approximate surface area is 218 Å². The van der Waals surface area contributed by atoms with Crippen molar-refractivity contribution in [2.45, 2.75) is 82.8 Å². The third kappa shape index (κ3) is 4.78. The Kier molecular flexibility index (Phi) is 7.36. The van der Waals surface area contributed by atoms with Gasteiger partial charge in [-0.2, -0.15) is 0 Å². The van der Waals surface area contributed by atoms with E-state index in [9.17, 15) is 4.79 Å². The highest BCUT2D eigenvalue weighted by Gasteiger charge is 2.51. The van der Waals surface area contributed by atoms with E-state index in [0.29, 0.717) is 12.5 Å². The normalized spacial score (nSPS) is 24.5. The van der Waals surface area contributed by atoms with Crippen LogP contribution in [0.25, 0.3) is 0 Å². The van der Waals surface area contributed by atoms with E-state index < -0.39 is 8.32 Å². The van der Waals surface area contributed by atoms with Crippen LogP contribution in [0.3, 0.4) is 0 Å². The zero-order chi connectivity index (χ0) is 25.2. The van der Waals surface area contributed by atoms with E-state index in [1.54, 1.807) is 0 Å². The summed E-state index contributed by atoms with van der Waals surface area (Å²) < 4.78 is 7.24. The van der Waals surface area contributed by atoms with Gasteiger partial charge in [-0.25, -0.2) is 0 Å². The smallest absolute Gasteiger partial charge is 0.261 e. The van der Waals surface area contributed by atoms with Crippen molar-refractivity contribution in [2.75, 3.05) is 6.61 Å². The second kappa shape index (κ2) is 10.5. The Morgan fingerprint density at radius 2 is 1.58 bits per heavy atom. The van der Waals surface area contributed by atoms with Gasteiger partial charge >= 0.3 is 0 Å². The molecule has 1 fully saturated rings. The Hall–Kier alpha value is -2.43. The van der Waals surface area contributed by atoms with Gasteiger partial charge < -0.3 is 9.33 Å². The first-order valence-electron chi connectivity index (χ1n) is 13.8. The average molecular weight is 500 g/mol. The molecule has 0 aromatic heterocycles. The molecular weight excluding hydrogens is 458 g/mol. The van der Waals surface area contributed by atoms with Crippen molar-refractivity contribution in [1.82, 2.24) is 4.90 Å². The van der Waals surface area contributed by atoms with Crippen LogP contribution in [0.5, 0.6) is 0 Å². The Morgan fingerprint density at radius 3 is 2.17 bits per heavy atom. The summed E-state index contributed by atoms with van der Waals surface area (Å²) in [7, 11) is -2.61. The Morgan fingerprint density at radius 1 is 0.917 bits per heavy atom. The van der Waals surface area contributed by atoms with Gasteiger partial charge in [-0.3, -0.25) is 4.79 Å². The van der Waals surface area contributed by atoms with Crippen LogP contribution in [0.1, 0.15) is 65.7 Å². The van der Waals surface area contributed by atoms with Crippen LogP contribution in [0.2, 0.25) is 5.04 Å². The lowest BCUT2D eigenvalue weighted by Crippen LogP contribution is -2.67. The number of fused-ring (bicyclic) bond motifs is 1. The summed E-state index contributed by atoms with van der Waals surface area (Å²) in [4.78, 5) is 15.9.